The summed E-state index contributed by atoms with van der Waals surface area (Å²) in [4.78, 5) is 22.6. The number of ether oxygens (including phenoxy) is 4. The Hall–Kier alpha value is -3.83. The number of nitro benzene ring substituents is 1. The van der Waals surface area contributed by atoms with Crippen molar-refractivity contribution in [1.29, 1.82) is 0 Å². The highest BCUT2D eigenvalue weighted by atomic mass is 16.7. The number of carbonyl (C=O) groups is 1. The van der Waals surface area contributed by atoms with Gasteiger partial charge in [-0.3, -0.25) is 14.9 Å². The molecule has 1 aliphatic heterocycles. The van der Waals surface area contributed by atoms with E-state index >= 15 is 0 Å². The molecule has 0 spiro atoms. The molecule has 4 rings (SSSR count). The van der Waals surface area contributed by atoms with E-state index in [1.165, 1.54) is 31.2 Å². The highest BCUT2D eigenvalue weighted by molar-refractivity contribution is 5.73. The van der Waals surface area contributed by atoms with Gasteiger partial charge in [0.2, 0.25) is 12.2 Å². The Kier molecular flexibility index (Phi) is 9.39. The molecule has 0 radical (unpaired) electrons. The number of nitrogens with one attached hydrogen (secondary N) is 1. The van der Waals surface area contributed by atoms with E-state index in [4.69, 9.17) is 18.9 Å². The lowest BCUT2D eigenvalue weighted by molar-refractivity contribution is -0.384. The second-order valence-electron chi connectivity index (χ2n) is 8.89. The highest BCUT2D eigenvalue weighted by Gasteiger charge is 2.48. The number of non-ortho nitro benzene ring substituents is 1. The number of aliphatic hydroxyl groups is 1. The van der Waals surface area contributed by atoms with Gasteiger partial charge < -0.3 is 29.4 Å². The molecule has 1 aliphatic rings. The SMILES string of the molecule is CC(=O)N[C@H]1[C@H](Oc2ccc([N+](=O)[O-])cc2)O[C@H](COCc2ccccc2)[C@@H](O)[C@@H]1OCc1ccccc1. The molecule has 2 N–H and O–H groups in total. The molecule has 5 atom stereocenters. The summed E-state index contributed by atoms with van der Waals surface area (Å²) in [5, 5.41) is 25.1. The van der Waals surface area contributed by atoms with Crippen molar-refractivity contribution in [1.82, 2.24) is 5.32 Å². The standard InChI is InChI=1S/C28H30N2O8/c1-19(31)29-25-27(36-17-21-10-6-3-7-11-21)26(32)24(18-35-16-20-8-4-2-5-9-20)38-28(25)37-23-14-12-22(13-15-23)30(33)34/h2-15,24-28,32H,16-18H2,1H3,(H,29,31)/t24-,25-,26-,27-,28-/m1/s1. The summed E-state index contributed by atoms with van der Waals surface area (Å²) in [5.74, 6) is -0.0757. The van der Waals surface area contributed by atoms with Crippen molar-refractivity contribution in [3.8, 4) is 5.75 Å². The highest BCUT2D eigenvalue weighted by Crippen LogP contribution is 2.28. The van der Waals surface area contributed by atoms with Crippen molar-refractivity contribution in [3.63, 3.8) is 0 Å². The Morgan fingerprint density at radius 2 is 1.58 bits per heavy atom. The number of hydrogen-bond donors (Lipinski definition) is 2. The van der Waals surface area contributed by atoms with Crippen LogP contribution in [-0.2, 0) is 32.2 Å². The van der Waals surface area contributed by atoms with E-state index in [0.717, 1.165) is 11.1 Å². The minimum absolute atomic E-state index is 0.0359. The van der Waals surface area contributed by atoms with Crippen LogP contribution in [0, 0.1) is 10.1 Å². The summed E-state index contributed by atoms with van der Waals surface area (Å²) >= 11 is 0. The maximum atomic E-state index is 12.1. The quantitative estimate of drug-likeness (QED) is 0.290. The zero-order chi connectivity index (χ0) is 26.9. The first-order chi connectivity index (χ1) is 18.4. The Balaban J connectivity index is 1.54. The van der Waals surface area contributed by atoms with Gasteiger partial charge in [0, 0.05) is 19.1 Å². The Morgan fingerprint density at radius 3 is 2.16 bits per heavy atom. The van der Waals surface area contributed by atoms with Crippen LogP contribution in [-0.4, -0.2) is 53.2 Å². The van der Waals surface area contributed by atoms with Gasteiger partial charge in [-0.1, -0.05) is 60.7 Å². The molecule has 0 unspecified atom stereocenters. The predicted octanol–water partition coefficient (Wildman–Crippen LogP) is 3.37. The smallest absolute Gasteiger partial charge is 0.269 e. The number of nitro groups is 1. The molecule has 0 aliphatic carbocycles. The molecule has 3 aromatic carbocycles. The Labute approximate surface area is 220 Å². The average molecular weight is 523 g/mol. The van der Waals surface area contributed by atoms with E-state index in [-0.39, 0.29) is 30.6 Å². The van der Waals surface area contributed by atoms with Gasteiger partial charge in [-0.05, 0) is 23.3 Å². The number of benzene rings is 3. The fourth-order valence-electron chi connectivity index (χ4n) is 4.16. The fraction of sp³-hybridized carbons (Fsp3) is 0.321. The van der Waals surface area contributed by atoms with Crippen molar-refractivity contribution in [2.45, 2.75) is 50.8 Å². The summed E-state index contributed by atoms with van der Waals surface area (Å²) in [5.41, 5.74) is 1.76. The van der Waals surface area contributed by atoms with Crippen molar-refractivity contribution in [2.75, 3.05) is 6.61 Å². The number of amides is 1. The molecular weight excluding hydrogens is 492 g/mol. The van der Waals surface area contributed by atoms with E-state index in [1.807, 2.05) is 60.7 Å². The van der Waals surface area contributed by atoms with E-state index in [0.29, 0.717) is 6.61 Å². The largest absolute Gasteiger partial charge is 0.463 e. The van der Waals surface area contributed by atoms with E-state index in [2.05, 4.69) is 5.32 Å². The van der Waals surface area contributed by atoms with Gasteiger partial charge in [-0.2, -0.15) is 0 Å². The average Bonchev–Trinajstić information content (AvgIpc) is 2.92. The lowest BCUT2D eigenvalue weighted by Gasteiger charge is -2.44. The van der Waals surface area contributed by atoms with Crippen LogP contribution in [0.15, 0.2) is 84.9 Å². The lowest BCUT2D eigenvalue weighted by Crippen LogP contribution is -2.66. The molecule has 38 heavy (non-hydrogen) atoms. The minimum Gasteiger partial charge on any atom is -0.463 e. The maximum absolute atomic E-state index is 12.1. The summed E-state index contributed by atoms with van der Waals surface area (Å²) in [6.45, 7) is 1.87. The Morgan fingerprint density at radius 1 is 0.974 bits per heavy atom. The molecule has 0 bridgehead atoms. The van der Waals surface area contributed by atoms with Crippen LogP contribution >= 0.6 is 0 Å². The van der Waals surface area contributed by atoms with Gasteiger partial charge in [-0.15, -0.1) is 0 Å². The van der Waals surface area contributed by atoms with Crippen LogP contribution in [0.1, 0.15) is 18.1 Å². The van der Waals surface area contributed by atoms with Crippen molar-refractivity contribution >= 4 is 11.6 Å². The Bertz CT molecular complexity index is 1180. The molecule has 10 heteroatoms. The molecular formula is C28H30N2O8. The molecule has 1 saturated heterocycles. The lowest BCUT2D eigenvalue weighted by atomic mass is 9.96. The number of hydrogen-bond acceptors (Lipinski definition) is 8. The van der Waals surface area contributed by atoms with Gasteiger partial charge in [0.25, 0.3) is 5.69 Å². The second-order valence-corrected chi connectivity index (χ2v) is 8.89. The molecule has 1 fully saturated rings. The minimum atomic E-state index is -1.15. The number of rotatable bonds is 11. The number of aliphatic hydroxyl groups excluding tert-OH is 1. The molecule has 3 aromatic rings. The molecule has 10 nitrogen and oxygen atoms in total. The van der Waals surface area contributed by atoms with E-state index in [9.17, 15) is 20.0 Å². The van der Waals surface area contributed by atoms with Crippen LogP contribution in [0.5, 0.6) is 5.75 Å². The van der Waals surface area contributed by atoms with Gasteiger partial charge in [0.1, 0.15) is 30.1 Å². The predicted molar refractivity (Wildman–Crippen MR) is 137 cm³/mol. The topological polar surface area (TPSA) is 129 Å². The zero-order valence-corrected chi connectivity index (χ0v) is 20.8. The van der Waals surface area contributed by atoms with Crippen molar-refractivity contribution in [2.24, 2.45) is 0 Å². The molecule has 200 valence electrons. The fourth-order valence-corrected chi connectivity index (χ4v) is 4.16. The number of carbonyl (C=O) groups excluding carboxylic acids is 1. The van der Waals surface area contributed by atoms with Crippen molar-refractivity contribution < 1.29 is 33.8 Å². The second kappa shape index (κ2) is 13.1. The summed E-state index contributed by atoms with van der Waals surface area (Å²) in [6, 6.07) is 23.6. The first-order valence-corrected chi connectivity index (χ1v) is 12.2. The molecule has 1 heterocycles. The summed E-state index contributed by atoms with van der Waals surface area (Å²) in [7, 11) is 0. The zero-order valence-electron chi connectivity index (χ0n) is 20.8. The van der Waals surface area contributed by atoms with Crippen LogP contribution in [0.2, 0.25) is 0 Å². The third-order valence-corrected chi connectivity index (χ3v) is 6.02. The molecule has 0 saturated carbocycles. The van der Waals surface area contributed by atoms with E-state index < -0.39 is 35.6 Å². The summed E-state index contributed by atoms with van der Waals surface area (Å²) < 4.78 is 24.1. The van der Waals surface area contributed by atoms with Crippen LogP contribution in [0.4, 0.5) is 5.69 Å². The summed E-state index contributed by atoms with van der Waals surface area (Å²) in [6.07, 6.45) is -3.97. The van der Waals surface area contributed by atoms with Gasteiger partial charge in [0.15, 0.2) is 0 Å². The van der Waals surface area contributed by atoms with E-state index in [1.54, 1.807) is 0 Å². The normalized spacial score (nSPS) is 22.9. The van der Waals surface area contributed by atoms with Gasteiger partial charge in [-0.25, -0.2) is 0 Å². The van der Waals surface area contributed by atoms with Crippen LogP contribution in [0.3, 0.4) is 0 Å². The van der Waals surface area contributed by atoms with Crippen LogP contribution < -0.4 is 10.1 Å². The molecule has 1 amide bonds. The number of nitrogens with zero attached hydrogens (tertiary/aromatic N) is 1. The van der Waals surface area contributed by atoms with Gasteiger partial charge in [0.05, 0.1) is 24.7 Å². The maximum Gasteiger partial charge on any atom is 0.269 e. The van der Waals surface area contributed by atoms with Crippen molar-refractivity contribution in [3.05, 3.63) is 106 Å². The monoisotopic (exact) mass is 522 g/mol. The van der Waals surface area contributed by atoms with Gasteiger partial charge >= 0.3 is 0 Å². The third-order valence-electron chi connectivity index (χ3n) is 6.02. The van der Waals surface area contributed by atoms with Crippen LogP contribution in [0.25, 0.3) is 0 Å². The third kappa shape index (κ3) is 7.36. The molecule has 0 aromatic heterocycles. The first-order valence-electron chi connectivity index (χ1n) is 12.2. The first kappa shape index (κ1) is 27.2.